The Kier molecular flexibility index (Phi) is 2.68. The Morgan fingerprint density at radius 2 is 2.43 bits per heavy atom. The van der Waals surface area contributed by atoms with Crippen LogP contribution in [0.15, 0.2) is 22.8 Å². The molecule has 0 saturated heterocycles. The summed E-state index contributed by atoms with van der Waals surface area (Å²) >= 11 is 3.39. The zero-order valence-corrected chi connectivity index (χ0v) is 9.62. The lowest BCUT2D eigenvalue weighted by atomic mass is 10.1. The SMILES string of the molecule is CC1CC1C(=O)Cc1ncccc1Br. The number of ketones is 1. The van der Waals surface area contributed by atoms with Crippen molar-refractivity contribution in [3.63, 3.8) is 0 Å². The van der Waals surface area contributed by atoms with Gasteiger partial charge < -0.3 is 0 Å². The third-order valence-corrected chi connectivity index (χ3v) is 3.42. The molecule has 1 heterocycles. The first-order chi connectivity index (χ1) is 6.68. The molecule has 2 atom stereocenters. The Morgan fingerprint density at radius 1 is 1.71 bits per heavy atom. The lowest BCUT2D eigenvalue weighted by Gasteiger charge is -2.01. The molecule has 0 amide bonds. The summed E-state index contributed by atoms with van der Waals surface area (Å²) in [6.45, 7) is 2.12. The molecule has 0 spiro atoms. The Labute approximate surface area is 91.9 Å². The number of pyridine rings is 1. The normalized spacial score (nSPS) is 24.7. The molecule has 2 unspecified atom stereocenters. The summed E-state index contributed by atoms with van der Waals surface area (Å²) in [6.07, 6.45) is 3.25. The van der Waals surface area contributed by atoms with E-state index in [0.29, 0.717) is 24.0 Å². The second-order valence-electron chi connectivity index (χ2n) is 3.89. The highest BCUT2D eigenvalue weighted by Gasteiger charge is 2.38. The van der Waals surface area contributed by atoms with Gasteiger partial charge in [0.25, 0.3) is 0 Å². The number of Topliss-reactive ketones (excluding diaryl/α,β-unsaturated/α-hetero) is 1. The zero-order chi connectivity index (χ0) is 10.1. The molecule has 0 bridgehead atoms. The lowest BCUT2D eigenvalue weighted by Crippen LogP contribution is -2.07. The number of nitrogens with zero attached hydrogens (tertiary/aromatic N) is 1. The average Bonchev–Trinajstić information content (AvgIpc) is 2.87. The third-order valence-electron chi connectivity index (χ3n) is 2.70. The van der Waals surface area contributed by atoms with Gasteiger partial charge in [-0.2, -0.15) is 0 Å². The third kappa shape index (κ3) is 2.03. The van der Waals surface area contributed by atoms with Crippen LogP contribution in [0.25, 0.3) is 0 Å². The van der Waals surface area contributed by atoms with E-state index < -0.39 is 0 Å². The standard InChI is InChI=1S/C11H12BrNO/c1-7-5-8(7)11(14)6-10-9(12)3-2-4-13-10/h2-4,7-8H,5-6H2,1H3. The van der Waals surface area contributed by atoms with Crippen LogP contribution >= 0.6 is 15.9 Å². The lowest BCUT2D eigenvalue weighted by molar-refractivity contribution is -0.119. The predicted octanol–water partition coefficient (Wildman–Crippen LogP) is 2.61. The van der Waals surface area contributed by atoms with Crippen LogP contribution in [0.4, 0.5) is 0 Å². The van der Waals surface area contributed by atoms with Gasteiger partial charge in [-0.25, -0.2) is 0 Å². The Bertz CT molecular complexity index is 364. The van der Waals surface area contributed by atoms with Gasteiger partial charge in [0.05, 0.1) is 12.1 Å². The van der Waals surface area contributed by atoms with Gasteiger partial charge in [-0.1, -0.05) is 6.92 Å². The largest absolute Gasteiger partial charge is 0.299 e. The van der Waals surface area contributed by atoms with Crippen LogP contribution in [0, 0.1) is 11.8 Å². The molecular weight excluding hydrogens is 242 g/mol. The fourth-order valence-corrected chi connectivity index (χ4v) is 2.01. The topological polar surface area (TPSA) is 30.0 Å². The first kappa shape index (κ1) is 9.84. The van der Waals surface area contributed by atoms with Gasteiger partial charge in [0.1, 0.15) is 5.78 Å². The number of hydrogen-bond acceptors (Lipinski definition) is 2. The number of carbonyl (C=O) groups excluding carboxylic acids is 1. The van der Waals surface area contributed by atoms with Crippen LogP contribution in [0.1, 0.15) is 19.0 Å². The van der Waals surface area contributed by atoms with Crippen LogP contribution < -0.4 is 0 Å². The molecule has 2 nitrogen and oxygen atoms in total. The van der Waals surface area contributed by atoms with Crippen molar-refractivity contribution < 1.29 is 4.79 Å². The van der Waals surface area contributed by atoms with Gasteiger partial charge >= 0.3 is 0 Å². The number of halogens is 1. The maximum Gasteiger partial charge on any atom is 0.142 e. The smallest absolute Gasteiger partial charge is 0.142 e. The zero-order valence-electron chi connectivity index (χ0n) is 8.03. The summed E-state index contributed by atoms with van der Waals surface area (Å²) in [5, 5.41) is 0. The number of rotatable bonds is 3. The van der Waals surface area contributed by atoms with E-state index in [4.69, 9.17) is 0 Å². The molecule has 1 aliphatic rings. The molecule has 1 fully saturated rings. The van der Waals surface area contributed by atoms with Crippen molar-refractivity contribution >= 4 is 21.7 Å². The van der Waals surface area contributed by atoms with Crippen molar-refractivity contribution in [1.29, 1.82) is 0 Å². The molecular formula is C11H12BrNO. The highest BCUT2D eigenvalue weighted by Crippen LogP contribution is 2.39. The van der Waals surface area contributed by atoms with Gasteiger partial charge in [-0.15, -0.1) is 0 Å². The first-order valence-corrected chi connectivity index (χ1v) is 5.60. The number of hydrogen-bond donors (Lipinski definition) is 0. The maximum absolute atomic E-state index is 11.7. The average molecular weight is 254 g/mol. The molecule has 1 aromatic rings. The van der Waals surface area contributed by atoms with Crippen LogP contribution in [0.5, 0.6) is 0 Å². The molecule has 74 valence electrons. The van der Waals surface area contributed by atoms with E-state index in [1.807, 2.05) is 12.1 Å². The van der Waals surface area contributed by atoms with Crippen molar-refractivity contribution in [2.24, 2.45) is 11.8 Å². The second kappa shape index (κ2) is 3.81. The molecule has 14 heavy (non-hydrogen) atoms. The highest BCUT2D eigenvalue weighted by molar-refractivity contribution is 9.10. The minimum Gasteiger partial charge on any atom is -0.299 e. The minimum atomic E-state index is 0.295. The number of aromatic nitrogens is 1. The predicted molar refractivity (Wildman–Crippen MR) is 57.9 cm³/mol. The molecule has 0 radical (unpaired) electrons. The van der Waals surface area contributed by atoms with Crippen LogP contribution in [0.3, 0.4) is 0 Å². The maximum atomic E-state index is 11.7. The van der Waals surface area contributed by atoms with Crippen LogP contribution in [0.2, 0.25) is 0 Å². The summed E-state index contributed by atoms with van der Waals surface area (Å²) < 4.78 is 0.932. The first-order valence-electron chi connectivity index (χ1n) is 4.80. The van der Waals surface area contributed by atoms with Crippen LogP contribution in [-0.2, 0) is 11.2 Å². The van der Waals surface area contributed by atoms with Crippen molar-refractivity contribution in [1.82, 2.24) is 4.98 Å². The molecule has 2 rings (SSSR count). The summed E-state index contributed by atoms with van der Waals surface area (Å²) in [5.74, 6) is 1.21. The van der Waals surface area contributed by atoms with Gasteiger partial charge in [0.2, 0.25) is 0 Å². The van der Waals surface area contributed by atoms with E-state index in [2.05, 4.69) is 27.8 Å². The van der Waals surface area contributed by atoms with Gasteiger partial charge in [-0.05, 0) is 40.4 Å². The highest BCUT2D eigenvalue weighted by atomic mass is 79.9. The van der Waals surface area contributed by atoms with Gasteiger partial charge in [0.15, 0.2) is 0 Å². The van der Waals surface area contributed by atoms with E-state index in [9.17, 15) is 4.79 Å². The van der Waals surface area contributed by atoms with Crippen molar-refractivity contribution in [2.75, 3.05) is 0 Å². The molecule has 0 aromatic carbocycles. The van der Waals surface area contributed by atoms with Gasteiger partial charge in [-0.3, -0.25) is 9.78 Å². The van der Waals surface area contributed by atoms with E-state index in [0.717, 1.165) is 16.6 Å². The fraction of sp³-hybridized carbons (Fsp3) is 0.455. The molecule has 0 aliphatic heterocycles. The summed E-state index contributed by atoms with van der Waals surface area (Å²) in [5.41, 5.74) is 0.858. The van der Waals surface area contributed by atoms with E-state index >= 15 is 0 Å². The van der Waals surface area contributed by atoms with Crippen LogP contribution in [-0.4, -0.2) is 10.8 Å². The molecule has 1 saturated carbocycles. The quantitative estimate of drug-likeness (QED) is 0.829. The van der Waals surface area contributed by atoms with Crippen molar-refractivity contribution in [3.05, 3.63) is 28.5 Å². The van der Waals surface area contributed by atoms with Gasteiger partial charge in [0, 0.05) is 16.6 Å². The fourth-order valence-electron chi connectivity index (χ4n) is 1.62. The van der Waals surface area contributed by atoms with E-state index in [-0.39, 0.29) is 0 Å². The van der Waals surface area contributed by atoms with Crippen molar-refractivity contribution in [3.8, 4) is 0 Å². The summed E-state index contributed by atoms with van der Waals surface area (Å²) in [4.78, 5) is 15.9. The Morgan fingerprint density at radius 3 is 3.00 bits per heavy atom. The number of carbonyl (C=O) groups is 1. The molecule has 1 aromatic heterocycles. The van der Waals surface area contributed by atoms with E-state index in [1.54, 1.807) is 6.20 Å². The Balaban J connectivity index is 2.04. The minimum absolute atomic E-state index is 0.295. The molecule has 0 N–H and O–H groups in total. The summed E-state index contributed by atoms with van der Waals surface area (Å²) in [6, 6.07) is 3.78. The van der Waals surface area contributed by atoms with E-state index in [1.165, 1.54) is 0 Å². The molecule has 1 aliphatic carbocycles. The van der Waals surface area contributed by atoms with Crippen molar-refractivity contribution in [2.45, 2.75) is 19.8 Å². The summed E-state index contributed by atoms with van der Waals surface area (Å²) in [7, 11) is 0. The second-order valence-corrected chi connectivity index (χ2v) is 4.75. The molecule has 3 heteroatoms. The Hall–Kier alpha value is -0.700. The monoisotopic (exact) mass is 253 g/mol.